The third-order valence-electron chi connectivity index (χ3n) is 4.01. The van der Waals surface area contributed by atoms with E-state index in [4.69, 9.17) is 0 Å². The summed E-state index contributed by atoms with van der Waals surface area (Å²) in [6.07, 6.45) is 0. The highest BCUT2D eigenvalue weighted by Gasteiger charge is 2.32. The van der Waals surface area contributed by atoms with Crippen LogP contribution < -0.4 is 4.90 Å². The van der Waals surface area contributed by atoms with Crippen LogP contribution in [0.5, 0.6) is 0 Å². The van der Waals surface area contributed by atoms with E-state index in [1.54, 1.807) is 0 Å². The molecule has 0 radical (unpaired) electrons. The van der Waals surface area contributed by atoms with Crippen molar-refractivity contribution in [3.8, 4) is 11.1 Å². The van der Waals surface area contributed by atoms with Crippen molar-refractivity contribution >= 4 is 11.6 Å². The summed E-state index contributed by atoms with van der Waals surface area (Å²) in [6.45, 7) is 6.14. The van der Waals surface area contributed by atoms with Gasteiger partial charge in [-0.2, -0.15) is 0 Å². The molecule has 0 saturated carbocycles. The number of para-hydroxylation sites is 1. The fourth-order valence-electron chi connectivity index (χ4n) is 3.02. The molecule has 1 aliphatic heterocycles. The first-order valence-corrected chi connectivity index (χ1v) is 7.12. The van der Waals surface area contributed by atoms with E-state index < -0.39 is 0 Å². The molecule has 0 aliphatic carbocycles. The molecule has 102 valence electrons. The van der Waals surface area contributed by atoms with Gasteiger partial charge in [0, 0.05) is 11.6 Å². The molecule has 2 heteroatoms. The topological polar surface area (TPSA) is 20.3 Å². The lowest BCUT2D eigenvalue weighted by Crippen LogP contribution is -2.39. The second-order valence-corrected chi connectivity index (χ2v) is 5.63. The molecule has 2 aromatic carbocycles. The molecule has 0 bridgehead atoms. The van der Waals surface area contributed by atoms with E-state index >= 15 is 0 Å². The van der Waals surface area contributed by atoms with Crippen LogP contribution in [0.1, 0.15) is 32.3 Å². The Bertz CT molecular complexity index is 660. The van der Waals surface area contributed by atoms with Gasteiger partial charge in [0.05, 0.1) is 11.6 Å². The highest BCUT2D eigenvalue weighted by Crippen LogP contribution is 2.41. The van der Waals surface area contributed by atoms with E-state index in [2.05, 4.69) is 32.0 Å². The quantitative estimate of drug-likeness (QED) is 0.756. The van der Waals surface area contributed by atoms with Gasteiger partial charge < -0.3 is 4.90 Å². The number of amides is 1. The normalized spacial score (nSPS) is 17.7. The van der Waals surface area contributed by atoms with Crippen molar-refractivity contribution in [3.63, 3.8) is 0 Å². The number of anilines is 1. The number of nitrogens with zero attached hydrogens (tertiary/aromatic N) is 1. The summed E-state index contributed by atoms with van der Waals surface area (Å²) in [5, 5.41) is 0. The fraction of sp³-hybridized carbons (Fsp3) is 0.278. The minimum atomic E-state index is -0.110. The number of carbonyl (C=O) groups excluding carboxylic acids is 1. The number of rotatable bonds is 1. The Balaban J connectivity index is 2.33. The molecule has 2 aromatic rings. The van der Waals surface area contributed by atoms with E-state index in [1.165, 1.54) is 5.56 Å². The Morgan fingerprint density at radius 1 is 0.950 bits per heavy atom. The summed E-state index contributed by atoms with van der Waals surface area (Å²) in [6, 6.07) is 16.6. The van der Waals surface area contributed by atoms with Gasteiger partial charge in [-0.3, -0.25) is 4.79 Å². The first-order valence-electron chi connectivity index (χ1n) is 7.12. The second-order valence-electron chi connectivity index (χ2n) is 5.63. The van der Waals surface area contributed by atoms with Gasteiger partial charge in [-0.15, -0.1) is 0 Å². The van der Waals surface area contributed by atoms with Crippen molar-refractivity contribution in [2.24, 2.45) is 0 Å². The fourth-order valence-corrected chi connectivity index (χ4v) is 3.02. The predicted octanol–water partition coefficient (Wildman–Crippen LogP) is 4.21. The van der Waals surface area contributed by atoms with Gasteiger partial charge >= 0.3 is 0 Å². The molecule has 1 unspecified atom stereocenters. The van der Waals surface area contributed by atoms with Crippen molar-refractivity contribution < 1.29 is 4.79 Å². The molecule has 0 N–H and O–H groups in total. The Morgan fingerprint density at radius 3 is 2.25 bits per heavy atom. The lowest BCUT2D eigenvalue weighted by molar-refractivity contribution is -0.120. The monoisotopic (exact) mass is 265 g/mol. The zero-order valence-electron chi connectivity index (χ0n) is 12.1. The Hall–Kier alpha value is -2.09. The average Bonchev–Trinajstić information content (AvgIpc) is 2.55. The summed E-state index contributed by atoms with van der Waals surface area (Å²) in [5.74, 6) is 0.0680. The Kier molecular flexibility index (Phi) is 3.09. The molecule has 0 fully saturated rings. The van der Waals surface area contributed by atoms with Crippen LogP contribution in [-0.4, -0.2) is 11.9 Å². The summed E-state index contributed by atoms with van der Waals surface area (Å²) in [4.78, 5) is 14.8. The maximum absolute atomic E-state index is 12.8. The molecule has 0 aromatic heterocycles. The molecule has 1 atom stereocenters. The third-order valence-corrected chi connectivity index (χ3v) is 4.01. The van der Waals surface area contributed by atoms with Crippen molar-refractivity contribution in [2.45, 2.75) is 32.7 Å². The van der Waals surface area contributed by atoms with Crippen molar-refractivity contribution in [1.82, 2.24) is 0 Å². The second kappa shape index (κ2) is 4.78. The van der Waals surface area contributed by atoms with Crippen LogP contribution >= 0.6 is 0 Å². The average molecular weight is 265 g/mol. The zero-order chi connectivity index (χ0) is 14.3. The predicted molar refractivity (Wildman–Crippen MR) is 82.9 cm³/mol. The summed E-state index contributed by atoms with van der Waals surface area (Å²) in [5.41, 5.74) is 4.46. The molecular formula is C18H19NO. The molecule has 20 heavy (non-hydrogen) atoms. The Labute approximate surface area is 120 Å². The molecular weight excluding hydrogens is 246 g/mol. The van der Waals surface area contributed by atoms with Crippen LogP contribution in [0.3, 0.4) is 0 Å². The van der Waals surface area contributed by atoms with Crippen LogP contribution in [0.25, 0.3) is 11.1 Å². The highest BCUT2D eigenvalue weighted by molar-refractivity contribution is 6.05. The van der Waals surface area contributed by atoms with Crippen LogP contribution in [-0.2, 0) is 4.79 Å². The van der Waals surface area contributed by atoms with Gasteiger partial charge in [0.1, 0.15) is 0 Å². The summed E-state index contributed by atoms with van der Waals surface area (Å²) in [7, 11) is 0. The van der Waals surface area contributed by atoms with Crippen LogP contribution in [0, 0.1) is 0 Å². The van der Waals surface area contributed by atoms with E-state index in [9.17, 15) is 4.79 Å². The highest BCUT2D eigenvalue weighted by atomic mass is 16.2. The van der Waals surface area contributed by atoms with E-state index in [1.807, 2.05) is 42.2 Å². The van der Waals surface area contributed by atoms with Gasteiger partial charge in [-0.1, -0.05) is 42.5 Å². The lowest BCUT2D eigenvalue weighted by Gasteiger charge is -2.28. The number of carbonyl (C=O) groups is 1. The smallest absolute Gasteiger partial charge is 0.234 e. The Morgan fingerprint density at radius 2 is 1.55 bits per heavy atom. The standard InChI is InChI=1S/C18H19NO/c1-12(2)19-17-11-7-6-10-16(17)15-9-5-4-8-14(15)13(3)18(19)20/h4-13H,1-3H3. The van der Waals surface area contributed by atoms with Gasteiger partial charge in [-0.25, -0.2) is 0 Å². The number of benzene rings is 2. The minimum absolute atomic E-state index is 0.110. The first-order chi connectivity index (χ1) is 9.61. The van der Waals surface area contributed by atoms with Crippen molar-refractivity contribution in [1.29, 1.82) is 0 Å². The largest absolute Gasteiger partial charge is 0.309 e. The summed E-state index contributed by atoms with van der Waals surface area (Å²) >= 11 is 0. The van der Waals surface area contributed by atoms with E-state index in [-0.39, 0.29) is 17.9 Å². The van der Waals surface area contributed by atoms with Crippen molar-refractivity contribution in [2.75, 3.05) is 4.90 Å². The third kappa shape index (κ3) is 1.83. The molecule has 2 nitrogen and oxygen atoms in total. The molecule has 0 spiro atoms. The number of hydrogen-bond acceptors (Lipinski definition) is 1. The molecule has 1 aliphatic rings. The van der Waals surface area contributed by atoms with E-state index in [0.29, 0.717) is 0 Å². The maximum Gasteiger partial charge on any atom is 0.234 e. The summed E-state index contributed by atoms with van der Waals surface area (Å²) < 4.78 is 0. The van der Waals surface area contributed by atoms with Crippen LogP contribution in [0.15, 0.2) is 48.5 Å². The van der Waals surface area contributed by atoms with Crippen LogP contribution in [0.4, 0.5) is 5.69 Å². The minimum Gasteiger partial charge on any atom is -0.309 e. The molecule has 3 rings (SSSR count). The lowest BCUT2D eigenvalue weighted by atomic mass is 9.92. The van der Waals surface area contributed by atoms with Gasteiger partial charge in [0.15, 0.2) is 0 Å². The number of fused-ring (bicyclic) bond motifs is 3. The van der Waals surface area contributed by atoms with Gasteiger partial charge in [-0.05, 0) is 38.0 Å². The molecule has 1 amide bonds. The maximum atomic E-state index is 12.8. The first kappa shape index (κ1) is 12.9. The zero-order valence-corrected chi connectivity index (χ0v) is 12.1. The van der Waals surface area contributed by atoms with Crippen LogP contribution in [0.2, 0.25) is 0 Å². The van der Waals surface area contributed by atoms with E-state index in [0.717, 1.165) is 16.8 Å². The SMILES string of the molecule is CC1C(=O)N(C(C)C)c2ccccc2-c2ccccc21. The van der Waals surface area contributed by atoms with Gasteiger partial charge in [0.25, 0.3) is 0 Å². The molecule has 0 saturated heterocycles. The van der Waals surface area contributed by atoms with Crippen molar-refractivity contribution in [3.05, 3.63) is 54.1 Å². The number of hydrogen-bond donors (Lipinski definition) is 0. The van der Waals surface area contributed by atoms with Gasteiger partial charge in [0.2, 0.25) is 5.91 Å². The molecule has 1 heterocycles.